The van der Waals surface area contributed by atoms with E-state index in [-0.39, 0.29) is 5.56 Å². The lowest BCUT2D eigenvalue weighted by atomic mass is 9.83. The Morgan fingerprint density at radius 3 is 3.09 bits per heavy atom. The Morgan fingerprint density at radius 2 is 2.27 bits per heavy atom. The lowest BCUT2D eigenvalue weighted by Crippen LogP contribution is -2.49. The first kappa shape index (κ1) is 15.5. The van der Waals surface area contributed by atoms with Crippen LogP contribution in [0.15, 0.2) is 35.6 Å². The minimum absolute atomic E-state index is 0.110. The average Bonchev–Trinajstić information content (AvgIpc) is 2.48. The van der Waals surface area contributed by atoms with Gasteiger partial charge in [0.05, 0.1) is 19.3 Å². The first-order valence-corrected chi connectivity index (χ1v) is 7.96. The van der Waals surface area contributed by atoms with E-state index in [9.17, 15) is 9.90 Å². The molecule has 0 spiro atoms. The van der Waals surface area contributed by atoms with Crippen LogP contribution in [0.5, 0.6) is 0 Å². The van der Waals surface area contributed by atoms with E-state index >= 15 is 0 Å². The number of hydrogen-bond acceptors (Lipinski definition) is 4. The largest absolute Gasteiger partial charge is 0.389 e. The highest BCUT2D eigenvalue weighted by atomic mass is 16.5. The quantitative estimate of drug-likeness (QED) is 0.625. The van der Waals surface area contributed by atoms with Gasteiger partial charge in [-0.1, -0.05) is 12.1 Å². The summed E-state index contributed by atoms with van der Waals surface area (Å²) in [6.07, 6.45) is 2.35. The molecule has 22 heavy (non-hydrogen) atoms. The number of fused-ring (bicyclic) bond motifs is 4. The van der Waals surface area contributed by atoms with Gasteiger partial charge in [0.2, 0.25) is 0 Å². The third kappa shape index (κ3) is 3.32. The van der Waals surface area contributed by atoms with Crippen LogP contribution in [0.3, 0.4) is 0 Å². The van der Waals surface area contributed by atoms with Crippen molar-refractivity contribution in [3.05, 3.63) is 46.9 Å². The number of nitrogens with zero attached hydrogens (tertiary/aromatic N) is 2. The Bertz CT molecular complexity index is 584. The first-order chi connectivity index (χ1) is 10.7. The SMILES string of the molecule is C=CCOCC(O)CN1CC2C[C@H](C1)Cn1c2cccc1=O. The topological polar surface area (TPSA) is 54.7 Å². The predicted octanol–water partition coefficient (Wildman–Crippen LogP) is 0.831. The monoisotopic (exact) mass is 304 g/mol. The fraction of sp³-hybridized carbons (Fsp3) is 0.588. The molecule has 1 fully saturated rings. The van der Waals surface area contributed by atoms with Crippen molar-refractivity contribution in [2.45, 2.75) is 25.0 Å². The molecule has 1 aromatic heterocycles. The van der Waals surface area contributed by atoms with Crippen LogP contribution in [0, 0.1) is 5.92 Å². The van der Waals surface area contributed by atoms with Crippen LogP contribution >= 0.6 is 0 Å². The van der Waals surface area contributed by atoms with Crippen LogP contribution in [-0.2, 0) is 11.3 Å². The molecule has 3 heterocycles. The Balaban J connectivity index is 1.63. The van der Waals surface area contributed by atoms with Gasteiger partial charge in [0.15, 0.2) is 0 Å². The van der Waals surface area contributed by atoms with Gasteiger partial charge in [0.1, 0.15) is 0 Å². The molecule has 2 unspecified atom stereocenters. The van der Waals surface area contributed by atoms with Crippen LogP contribution in [0.2, 0.25) is 0 Å². The maximum atomic E-state index is 12.0. The van der Waals surface area contributed by atoms with Crippen LogP contribution in [0.1, 0.15) is 18.0 Å². The van der Waals surface area contributed by atoms with Gasteiger partial charge in [-0.05, 0) is 18.4 Å². The van der Waals surface area contributed by atoms with E-state index < -0.39 is 6.10 Å². The van der Waals surface area contributed by atoms with Crippen molar-refractivity contribution in [3.8, 4) is 0 Å². The fourth-order valence-corrected chi connectivity index (χ4v) is 3.78. The number of pyridine rings is 1. The summed E-state index contributed by atoms with van der Waals surface area (Å²) in [6, 6.07) is 5.56. The van der Waals surface area contributed by atoms with E-state index in [0.717, 1.165) is 31.7 Å². The highest BCUT2D eigenvalue weighted by Gasteiger charge is 2.34. The lowest BCUT2D eigenvalue weighted by Gasteiger charge is -2.43. The minimum atomic E-state index is -0.475. The van der Waals surface area contributed by atoms with E-state index in [4.69, 9.17) is 4.74 Å². The maximum absolute atomic E-state index is 12.0. The first-order valence-electron chi connectivity index (χ1n) is 7.96. The third-order valence-electron chi connectivity index (χ3n) is 4.57. The number of hydrogen-bond donors (Lipinski definition) is 1. The summed E-state index contributed by atoms with van der Waals surface area (Å²) < 4.78 is 7.24. The fourth-order valence-electron chi connectivity index (χ4n) is 3.78. The van der Waals surface area contributed by atoms with Crippen molar-refractivity contribution >= 4 is 0 Å². The molecule has 2 bridgehead atoms. The summed E-state index contributed by atoms with van der Waals surface area (Å²) in [5.74, 6) is 0.885. The summed E-state index contributed by atoms with van der Waals surface area (Å²) in [7, 11) is 0. The number of β-amino-alcohol motifs (C(OH)–C–C–N with tert-alkyl or cyclic N) is 1. The number of piperidine rings is 1. The zero-order valence-electron chi connectivity index (χ0n) is 12.9. The minimum Gasteiger partial charge on any atom is -0.389 e. The third-order valence-corrected chi connectivity index (χ3v) is 4.57. The number of aromatic nitrogens is 1. The molecule has 5 nitrogen and oxygen atoms in total. The second kappa shape index (κ2) is 6.77. The lowest BCUT2D eigenvalue weighted by molar-refractivity contribution is 0.0100. The van der Waals surface area contributed by atoms with Crippen LogP contribution < -0.4 is 5.56 Å². The van der Waals surface area contributed by atoms with Gasteiger partial charge in [-0.15, -0.1) is 6.58 Å². The zero-order chi connectivity index (χ0) is 15.5. The summed E-state index contributed by atoms with van der Waals surface area (Å²) >= 11 is 0. The van der Waals surface area contributed by atoms with Crippen molar-refractivity contribution in [1.29, 1.82) is 0 Å². The van der Waals surface area contributed by atoms with E-state index in [0.29, 0.717) is 31.6 Å². The molecule has 3 rings (SSSR count). The highest BCUT2D eigenvalue weighted by Crippen LogP contribution is 2.34. The van der Waals surface area contributed by atoms with Gasteiger partial charge < -0.3 is 14.4 Å². The molecular formula is C17H24N2O3. The zero-order valence-corrected chi connectivity index (χ0v) is 12.9. The second-order valence-corrected chi connectivity index (χ2v) is 6.40. The van der Waals surface area contributed by atoms with E-state index in [2.05, 4.69) is 17.5 Å². The van der Waals surface area contributed by atoms with Crippen molar-refractivity contribution in [2.75, 3.05) is 32.8 Å². The van der Waals surface area contributed by atoms with Gasteiger partial charge in [-0.3, -0.25) is 9.69 Å². The molecule has 0 radical (unpaired) electrons. The average molecular weight is 304 g/mol. The van der Waals surface area contributed by atoms with E-state index in [1.165, 1.54) is 0 Å². The summed E-state index contributed by atoms with van der Waals surface area (Å²) in [6.45, 7) is 7.67. The molecule has 0 amide bonds. The number of aliphatic hydroxyl groups excluding tert-OH is 1. The Hall–Kier alpha value is -1.43. The van der Waals surface area contributed by atoms with Gasteiger partial charge in [0.25, 0.3) is 5.56 Å². The molecule has 3 atom stereocenters. The summed E-state index contributed by atoms with van der Waals surface area (Å²) in [4.78, 5) is 14.3. The Kier molecular flexibility index (Phi) is 4.76. The summed E-state index contributed by atoms with van der Waals surface area (Å²) in [5.41, 5.74) is 1.25. The smallest absolute Gasteiger partial charge is 0.250 e. The molecule has 0 aromatic carbocycles. The molecule has 120 valence electrons. The number of ether oxygens (including phenoxy) is 1. The molecule has 0 aliphatic carbocycles. The van der Waals surface area contributed by atoms with Gasteiger partial charge in [0, 0.05) is 43.9 Å². The normalized spacial score (nSPS) is 25.5. The molecular weight excluding hydrogens is 280 g/mol. The van der Waals surface area contributed by atoms with Crippen LogP contribution in [0.25, 0.3) is 0 Å². The molecule has 1 saturated heterocycles. The maximum Gasteiger partial charge on any atom is 0.250 e. The molecule has 2 aliphatic heterocycles. The van der Waals surface area contributed by atoms with Crippen molar-refractivity contribution in [2.24, 2.45) is 5.92 Å². The number of likely N-dealkylation sites (tertiary alicyclic amines) is 1. The van der Waals surface area contributed by atoms with Gasteiger partial charge >= 0.3 is 0 Å². The molecule has 0 saturated carbocycles. The Morgan fingerprint density at radius 1 is 1.41 bits per heavy atom. The van der Waals surface area contributed by atoms with E-state index in [1.54, 1.807) is 12.1 Å². The van der Waals surface area contributed by atoms with Gasteiger partial charge in [-0.25, -0.2) is 0 Å². The van der Waals surface area contributed by atoms with Crippen molar-refractivity contribution < 1.29 is 9.84 Å². The highest BCUT2D eigenvalue weighted by molar-refractivity contribution is 5.16. The molecule has 5 heteroatoms. The van der Waals surface area contributed by atoms with E-state index in [1.807, 2.05) is 10.6 Å². The standard InChI is InChI=1S/C17H24N2O3/c1-2-6-22-12-15(20)11-18-8-13-7-14(10-18)16-4-3-5-17(21)19(16)9-13/h2-5,13-15,20H,1,6-12H2/t13-,14?,15?/m1/s1. The Labute approximate surface area is 130 Å². The predicted molar refractivity (Wildman–Crippen MR) is 85.0 cm³/mol. The number of rotatable bonds is 6. The summed E-state index contributed by atoms with van der Waals surface area (Å²) in [5, 5.41) is 10.1. The van der Waals surface area contributed by atoms with Crippen molar-refractivity contribution in [3.63, 3.8) is 0 Å². The number of aliphatic hydroxyl groups is 1. The molecule has 1 N–H and O–H groups in total. The van der Waals surface area contributed by atoms with Crippen molar-refractivity contribution in [1.82, 2.24) is 9.47 Å². The second-order valence-electron chi connectivity index (χ2n) is 6.40. The van der Waals surface area contributed by atoms with Crippen LogP contribution in [0.4, 0.5) is 0 Å². The molecule has 1 aromatic rings. The molecule has 2 aliphatic rings. The van der Waals surface area contributed by atoms with Gasteiger partial charge in [-0.2, -0.15) is 0 Å². The van der Waals surface area contributed by atoms with Crippen LogP contribution in [-0.4, -0.2) is 53.5 Å².